The van der Waals surface area contributed by atoms with E-state index in [0.29, 0.717) is 17.0 Å². The van der Waals surface area contributed by atoms with Crippen LogP contribution in [0.2, 0.25) is 0 Å². The predicted molar refractivity (Wildman–Crippen MR) is 64.6 cm³/mol. The zero-order valence-corrected chi connectivity index (χ0v) is 10.3. The van der Waals surface area contributed by atoms with Crippen molar-refractivity contribution < 1.29 is 13.7 Å². The molecule has 2 N–H and O–H groups in total. The number of halogens is 1. The largest absolute Gasteiger partial charge is 0.487 e. The third-order valence-corrected chi connectivity index (χ3v) is 2.51. The summed E-state index contributed by atoms with van der Waals surface area (Å²) in [6.07, 6.45) is 0. The van der Waals surface area contributed by atoms with Crippen molar-refractivity contribution in [2.24, 2.45) is 5.73 Å². The molecule has 96 valence electrons. The maximum Gasteiger partial charge on any atom is 0.134 e. The fourth-order valence-electron chi connectivity index (χ4n) is 1.64. The lowest BCUT2D eigenvalue weighted by Gasteiger charge is -2.13. The Balaban J connectivity index is 2.13. The molecule has 0 saturated carbocycles. The maximum atomic E-state index is 13.1. The summed E-state index contributed by atoms with van der Waals surface area (Å²) in [6.45, 7) is 3.85. The van der Waals surface area contributed by atoms with Gasteiger partial charge in [-0.2, -0.15) is 0 Å². The maximum absolute atomic E-state index is 13.1. The number of hydrogen-bond donors (Lipinski definition) is 1. The van der Waals surface area contributed by atoms with E-state index in [2.05, 4.69) is 5.16 Å². The predicted octanol–water partition coefficient (Wildman–Crippen LogP) is 2.72. The highest BCUT2D eigenvalue weighted by Crippen LogP contribution is 2.25. The number of nitrogens with zero attached hydrogens (tertiary/aromatic N) is 1. The second-order valence-electron chi connectivity index (χ2n) is 4.19. The first-order valence-corrected chi connectivity index (χ1v) is 5.66. The van der Waals surface area contributed by atoms with E-state index in [1.54, 1.807) is 19.1 Å². The van der Waals surface area contributed by atoms with Gasteiger partial charge in [-0.15, -0.1) is 0 Å². The Morgan fingerprint density at radius 1 is 1.44 bits per heavy atom. The van der Waals surface area contributed by atoms with Crippen molar-refractivity contribution in [2.45, 2.75) is 26.5 Å². The van der Waals surface area contributed by atoms with Crippen LogP contribution in [-0.2, 0) is 6.61 Å². The smallest absolute Gasteiger partial charge is 0.134 e. The van der Waals surface area contributed by atoms with Gasteiger partial charge >= 0.3 is 0 Å². The van der Waals surface area contributed by atoms with Crippen LogP contribution in [0.1, 0.15) is 30.0 Å². The molecule has 1 aromatic carbocycles. The Morgan fingerprint density at radius 2 is 2.22 bits per heavy atom. The second-order valence-corrected chi connectivity index (χ2v) is 4.19. The average Bonchev–Trinajstić information content (AvgIpc) is 2.73. The van der Waals surface area contributed by atoms with Gasteiger partial charge in [-0.1, -0.05) is 5.16 Å². The minimum atomic E-state index is -0.327. The Hall–Kier alpha value is -1.88. The highest BCUT2D eigenvalue weighted by molar-refractivity contribution is 5.36. The molecule has 1 atom stereocenters. The summed E-state index contributed by atoms with van der Waals surface area (Å²) in [4.78, 5) is 0. The van der Waals surface area contributed by atoms with Crippen molar-refractivity contribution in [3.8, 4) is 5.75 Å². The fourth-order valence-corrected chi connectivity index (χ4v) is 1.64. The molecule has 0 radical (unpaired) electrons. The molecule has 2 rings (SSSR count). The molecule has 1 heterocycles. The van der Waals surface area contributed by atoms with E-state index in [4.69, 9.17) is 15.0 Å². The lowest BCUT2D eigenvalue weighted by Crippen LogP contribution is -2.08. The Bertz CT molecular complexity index is 538. The Morgan fingerprint density at radius 3 is 2.83 bits per heavy atom. The zero-order valence-electron chi connectivity index (χ0n) is 10.3. The Labute approximate surface area is 105 Å². The summed E-state index contributed by atoms with van der Waals surface area (Å²) in [5.74, 6) is 0.958. The van der Waals surface area contributed by atoms with E-state index in [1.165, 1.54) is 12.1 Å². The number of aromatic nitrogens is 1. The molecule has 0 fully saturated rings. The van der Waals surface area contributed by atoms with Gasteiger partial charge in [-0.25, -0.2) is 4.39 Å². The van der Waals surface area contributed by atoms with E-state index < -0.39 is 0 Å². The zero-order chi connectivity index (χ0) is 13.1. The topological polar surface area (TPSA) is 61.3 Å². The van der Waals surface area contributed by atoms with Crippen LogP contribution in [0.25, 0.3) is 0 Å². The lowest BCUT2D eigenvalue weighted by atomic mass is 10.1. The van der Waals surface area contributed by atoms with E-state index in [9.17, 15) is 4.39 Å². The molecule has 0 aliphatic heterocycles. The first kappa shape index (κ1) is 12.6. The van der Waals surface area contributed by atoms with Crippen molar-refractivity contribution >= 4 is 0 Å². The number of hydrogen-bond acceptors (Lipinski definition) is 4. The van der Waals surface area contributed by atoms with Crippen molar-refractivity contribution in [3.63, 3.8) is 0 Å². The first-order valence-electron chi connectivity index (χ1n) is 5.66. The monoisotopic (exact) mass is 250 g/mol. The number of benzene rings is 1. The van der Waals surface area contributed by atoms with Gasteiger partial charge < -0.3 is 15.0 Å². The fraction of sp³-hybridized carbons (Fsp3) is 0.308. The summed E-state index contributed by atoms with van der Waals surface area (Å²) in [7, 11) is 0. The number of ether oxygens (including phenoxy) is 1. The van der Waals surface area contributed by atoms with Crippen molar-refractivity contribution in [2.75, 3.05) is 0 Å². The summed E-state index contributed by atoms with van der Waals surface area (Å²) < 4.78 is 23.7. The van der Waals surface area contributed by atoms with E-state index in [0.717, 1.165) is 5.76 Å². The van der Waals surface area contributed by atoms with E-state index in [-0.39, 0.29) is 18.5 Å². The standard InChI is InChI=1S/C13H15FN2O2/c1-8-5-11(16-18-8)7-17-13-4-3-10(14)6-12(13)9(2)15/h3-6,9H,7,15H2,1-2H3/t9-/m1/s1. The first-order chi connectivity index (χ1) is 8.56. The molecule has 0 spiro atoms. The van der Waals surface area contributed by atoms with Gasteiger partial charge in [-0.3, -0.25) is 0 Å². The Kier molecular flexibility index (Phi) is 3.62. The van der Waals surface area contributed by atoms with Crippen LogP contribution in [-0.4, -0.2) is 5.16 Å². The van der Waals surface area contributed by atoms with Crippen LogP contribution in [0.4, 0.5) is 4.39 Å². The summed E-state index contributed by atoms with van der Waals surface area (Å²) in [6, 6.07) is 5.79. The molecule has 1 aromatic heterocycles. The molecular weight excluding hydrogens is 235 g/mol. The van der Waals surface area contributed by atoms with E-state index >= 15 is 0 Å². The van der Waals surface area contributed by atoms with Crippen molar-refractivity contribution in [1.82, 2.24) is 5.16 Å². The van der Waals surface area contributed by atoms with Crippen LogP contribution in [0, 0.1) is 12.7 Å². The van der Waals surface area contributed by atoms with Gasteiger partial charge in [0.1, 0.15) is 29.6 Å². The molecule has 4 nitrogen and oxygen atoms in total. The van der Waals surface area contributed by atoms with Crippen LogP contribution < -0.4 is 10.5 Å². The van der Waals surface area contributed by atoms with Crippen LogP contribution in [0.15, 0.2) is 28.8 Å². The summed E-state index contributed by atoms with van der Waals surface area (Å²) >= 11 is 0. The van der Waals surface area contributed by atoms with Crippen LogP contribution in [0.5, 0.6) is 5.75 Å². The number of aryl methyl sites for hydroxylation is 1. The quantitative estimate of drug-likeness (QED) is 0.906. The van der Waals surface area contributed by atoms with Gasteiger partial charge in [0.25, 0.3) is 0 Å². The van der Waals surface area contributed by atoms with E-state index in [1.807, 2.05) is 6.92 Å². The van der Waals surface area contributed by atoms with Gasteiger partial charge in [0, 0.05) is 17.7 Å². The van der Waals surface area contributed by atoms with Gasteiger partial charge in [0.15, 0.2) is 0 Å². The normalized spacial score (nSPS) is 12.4. The van der Waals surface area contributed by atoms with Crippen LogP contribution in [0.3, 0.4) is 0 Å². The van der Waals surface area contributed by atoms with Gasteiger partial charge in [0.05, 0.1) is 0 Å². The minimum Gasteiger partial charge on any atom is -0.487 e. The summed E-state index contributed by atoms with van der Waals surface area (Å²) in [5, 5.41) is 3.82. The molecule has 5 heteroatoms. The van der Waals surface area contributed by atoms with Crippen molar-refractivity contribution in [3.05, 3.63) is 47.1 Å². The molecule has 0 aliphatic rings. The minimum absolute atomic E-state index is 0.267. The third kappa shape index (κ3) is 2.87. The molecule has 0 aliphatic carbocycles. The molecule has 0 unspecified atom stereocenters. The highest BCUT2D eigenvalue weighted by atomic mass is 19.1. The number of rotatable bonds is 4. The molecule has 0 saturated heterocycles. The molecular formula is C13H15FN2O2. The second kappa shape index (κ2) is 5.18. The summed E-state index contributed by atoms with van der Waals surface area (Å²) in [5.41, 5.74) is 7.10. The third-order valence-electron chi connectivity index (χ3n) is 2.51. The van der Waals surface area contributed by atoms with Gasteiger partial charge in [-0.05, 0) is 32.0 Å². The average molecular weight is 250 g/mol. The van der Waals surface area contributed by atoms with Gasteiger partial charge in [0.2, 0.25) is 0 Å². The van der Waals surface area contributed by atoms with Crippen LogP contribution >= 0.6 is 0 Å². The molecule has 0 bridgehead atoms. The SMILES string of the molecule is Cc1cc(COc2ccc(F)cc2[C@@H](C)N)no1. The highest BCUT2D eigenvalue weighted by Gasteiger charge is 2.10. The number of nitrogens with two attached hydrogens (primary N) is 1. The van der Waals surface area contributed by atoms with Crippen molar-refractivity contribution in [1.29, 1.82) is 0 Å². The lowest BCUT2D eigenvalue weighted by molar-refractivity contribution is 0.283. The molecule has 18 heavy (non-hydrogen) atoms. The molecule has 0 amide bonds. The molecule has 2 aromatic rings.